The van der Waals surface area contributed by atoms with Gasteiger partial charge in [0.2, 0.25) is 0 Å². The largest absolute Gasteiger partial charge is 0.416 e. The molecule has 0 fully saturated rings. The van der Waals surface area contributed by atoms with Gasteiger partial charge in [-0.1, -0.05) is 12.1 Å². The van der Waals surface area contributed by atoms with Crippen LogP contribution in [0.4, 0.5) is 17.6 Å². The molecular formula is C20H19F4NO2. The Morgan fingerprint density at radius 1 is 1.15 bits per heavy atom. The van der Waals surface area contributed by atoms with Crippen molar-refractivity contribution in [1.29, 1.82) is 0 Å². The SMILES string of the molecule is Cc1cc(C(=O)N(C)CC(CC=O)c2ccc(F)cc2)cc(C(F)(F)F)c1. The van der Waals surface area contributed by atoms with Gasteiger partial charge in [0, 0.05) is 31.5 Å². The minimum absolute atomic E-state index is 0.0752. The van der Waals surface area contributed by atoms with Gasteiger partial charge in [-0.2, -0.15) is 13.2 Å². The molecule has 0 N–H and O–H groups in total. The average Bonchev–Trinajstić information content (AvgIpc) is 2.60. The number of nitrogens with zero attached hydrogens (tertiary/aromatic N) is 1. The number of alkyl halides is 3. The first-order valence-electron chi connectivity index (χ1n) is 8.25. The van der Waals surface area contributed by atoms with Crippen molar-refractivity contribution in [3.63, 3.8) is 0 Å². The van der Waals surface area contributed by atoms with Crippen LogP contribution in [-0.2, 0) is 11.0 Å². The topological polar surface area (TPSA) is 37.4 Å². The van der Waals surface area contributed by atoms with Gasteiger partial charge in [-0.3, -0.25) is 4.79 Å². The molecule has 0 saturated carbocycles. The van der Waals surface area contributed by atoms with E-state index in [1.54, 1.807) is 0 Å². The summed E-state index contributed by atoms with van der Waals surface area (Å²) >= 11 is 0. The Balaban J connectivity index is 2.24. The Morgan fingerprint density at radius 3 is 2.33 bits per heavy atom. The minimum atomic E-state index is -4.55. The van der Waals surface area contributed by atoms with E-state index in [2.05, 4.69) is 0 Å². The van der Waals surface area contributed by atoms with E-state index in [4.69, 9.17) is 0 Å². The van der Waals surface area contributed by atoms with Crippen LogP contribution in [0.5, 0.6) is 0 Å². The summed E-state index contributed by atoms with van der Waals surface area (Å²) in [6.45, 7) is 1.60. The molecule has 27 heavy (non-hydrogen) atoms. The third-order valence-electron chi connectivity index (χ3n) is 4.21. The van der Waals surface area contributed by atoms with E-state index in [1.165, 1.54) is 49.2 Å². The second-order valence-electron chi connectivity index (χ2n) is 6.42. The highest BCUT2D eigenvalue weighted by Gasteiger charge is 2.32. The van der Waals surface area contributed by atoms with Crippen LogP contribution in [0, 0.1) is 12.7 Å². The number of carbonyl (C=O) groups excluding carboxylic acids is 2. The summed E-state index contributed by atoms with van der Waals surface area (Å²) in [5.41, 5.74) is 0.0314. The molecule has 0 aromatic heterocycles. The monoisotopic (exact) mass is 381 g/mol. The van der Waals surface area contributed by atoms with Crippen molar-refractivity contribution < 1.29 is 27.2 Å². The molecule has 0 spiro atoms. The van der Waals surface area contributed by atoms with E-state index >= 15 is 0 Å². The molecule has 144 valence electrons. The molecule has 1 unspecified atom stereocenters. The van der Waals surface area contributed by atoms with Gasteiger partial charge in [0.05, 0.1) is 5.56 Å². The fourth-order valence-electron chi connectivity index (χ4n) is 2.87. The molecule has 0 radical (unpaired) electrons. The lowest BCUT2D eigenvalue weighted by Gasteiger charge is -2.24. The highest BCUT2D eigenvalue weighted by Crippen LogP contribution is 2.31. The van der Waals surface area contributed by atoms with Crippen molar-refractivity contribution in [2.75, 3.05) is 13.6 Å². The lowest BCUT2D eigenvalue weighted by molar-refractivity contribution is -0.137. The van der Waals surface area contributed by atoms with Gasteiger partial charge in [0.15, 0.2) is 0 Å². The number of carbonyl (C=O) groups is 2. The molecule has 7 heteroatoms. The fourth-order valence-corrected chi connectivity index (χ4v) is 2.87. The standard InChI is InChI=1S/C20H19F4NO2/c1-13-9-16(11-17(10-13)20(22,23)24)19(27)25(2)12-15(7-8-26)14-3-5-18(21)6-4-14/h3-6,8-11,15H,7,12H2,1-2H3. The Kier molecular flexibility index (Phi) is 6.36. The van der Waals surface area contributed by atoms with Crippen molar-refractivity contribution in [3.8, 4) is 0 Å². The van der Waals surface area contributed by atoms with Crippen LogP contribution in [0.3, 0.4) is 0 Å². The van der Waals surface area contributed by atoms with Crippen LogP contribution < -0.4 is 0 Å². The number of likely N-dealkylation sites (N-methyl/N-ethyl adjacent to an activating group) is 1. The van der Waals surface area contributed by atoms with E-state index in [9.17, 15) is 27.2 Å². The second-order valence-corrected chi connectivity index (χ2v) is 6.42. The highest BCUT2D eigenvalue weighted by atomic mass is 19.4. The first-order chi connectivity index (χ1) is 12.6. The van der Waals surface area contributed by atoms with Crippen LogP contribution in [0.15, 0.2) is 42.5 Å². The molecule has 1 atom stereocenters. The molecule has 0 heterocycles. The maximum atomic E-state index is 13.1. The Hall–Kier alpha value is -2.70. The van der Waals surface area contributed by atoms with Gasteiger partial charge < -0.3 is 9.69 Å². The van der Waals surface area contributed by atoms with E-state index in [1.807, 2.05) is 0 Å². The lowest BCUT2D eigenvalue weighted by atomic mass is 9.95. The van der Waals surface area contributed by atoms with Crippen LogP contribution in [0.1, 0.15) is 39.4 Å². The van der Waals surface area contributed by atoms with Crippen molar-refractivity contribution in [1.82, 2.24) is 4.90 Å². The van der Waals surface area contributed by atoms with E-state index in [0.29, 0.717) is 17.4 Å². The van der Waals surface area contributed by atoms with E-state index in [0.717, 1.165) is 12.1 Å². The summed E-state index contributed by atoms with van der Waals surface area (Å²) in [6.07, 6.45) is -3.75. The summed E-state index contributed by atoms with van der Waals surface area (Å²) in [7, 11) is 1.46. The summed E-state index contributed by atoms with van der Waals surface area (Å²) in [6, 6.07) is 8.74. The number of amides is 1. The van der Waals surface area contributed by atoms with Crippen molar-refractivity contribution >= 4 is 12.2 Å². The molecular weight excluding hydrogens is 362 g/mol. The highest BCUT2D eigenvalue weighted by molar-refractivity contribution is 5.94. The Bertz CT molecular complexity index is 816. The van der Waals surface area contributed by atoms with Crippen LogP contribution in [-0.4, -0.2) is 30.7 Å². The molecule has 2 aromatic rings. The van der Waals surface area contributed by atoms with Gasteiger partial charge in [-0.05, 0) is 48.4 Å². The summed E-state index contributed by atoms with van der Waals surface area (Å²) in [5, 5.41) is 0. The van der Waals surface area contributed by atoms with Crippen molar-refractivity contribution in [2.45, 2.75) is 25.4 Å². The van der Waals surface area contributed by atoms with Gasteiger partial charge in [0.25, 0.3) is 5.91 Å². The molecule has 0 bridgehead atoms. The fraction of sp³-hybridized carbons (Fsp3) is 0.300. The quantitative estimate of drug-likeness (QED) is 0.542. The number of rotatable bonds is 6. The molecule has 2 rings (SSSR count). The first-order valence-corrected chi connectivity index (χ1v) is 8.25. The summed E-state index contributed by atoms with van der Waals surface area (Å²) in [5.74, 6) is -1.39. The van der Waals surface area contributed by atoms with Crippen molar-refractivity contribution in [2.24, 2.45) is 0 Å². The minimum Gasteiger partial charge on any atom is -0.341 e. The predicted octanol–water partition coefficient (Wildman–Crippen LogP) is 4.60. The van der Waals surface area contributed by atoms with Gasteiger partial charge in [-0.25, -0.2) is 4.39 Å². The molecule has 2 aromatic carbocycles. The number of aldehydes is 1. The molecule has 1 amide bonds. The zero-order valence-electron chi connectivity index (χ0n) is 14.9. The maximum Gasteiger partial charge on any atom is 0.416 e. The van der Waals surface area contributed by atoms with E-state index < -0.39 is 23.5 Å². The zero-order chi connectivity index (χ0) is 20.2. The molecule has 3 nitrogen and oxygen atoms in total. The van der Waals surface area contributed by atoms with Crippen molar-refractivity contribution in [3.05, 3.63) is 70.5 Å². The second kappa shape index (κ2) is 8.33. The third-order valence-corrected chi connectivity index (χ3v) is 4.21. The molecule has 0 aliphatic rings. The normalized spacial score (nSPS) is 12.5. The number of benzene rings is 2. The molecule has 0 aliphatic carbocycles. The number of aryl methyl sites for hydroxylation is 1. The smallest absolute Gasteiger partial charge is 0.341 e. The van der Waals surface area contributed by atoms with Crippen LogP contribution >= 0.6 is 0 Å². The number of hydrogen-bond acceptors (Lipinski definition) is 2. The molecule has 0 aliphatic heterocycles. The average molecular weight is 381 g/mol. The number of hydrogen-bond donors (Lipinski definition) is 0. The zero-order valence-corrected chi connectivity index (χ0v) is 14.9. The summed E-state index contributed by atoms with van der Waals surface area (Å²) < 4.78 is 52.0. The predicted molar refractivity (Wildman–Crippen MR) is 93.0 cm³/mol. The van der Waals surface area contributed by atoms with Gasteiger partial charge in [0.1, 0.15) is 12.1 Å². The lowest BCUT2D eigenvalue weighted by Crippen LogP contribution is -2.31. The van der Waals surface area contributed by atoms with Crippen LogP contribution in [0.25, 0.3) is 0 Å². The van der Waals surface area contributed by atoms with Gasteiger partial charge in [-0.15, -0.1) is 0 Å². The Labute approximate surface area is 154 Å². The Morgan fingerprint density at radius 2 is 1.78 bits per heavy atom. The third kappa shape index (κ3) is 5.39. The summed E-state index contributed by atoms with van der Waals surface area (Å²) in [4.78, 5) is 24.9. The molecule has 0 saturated heterocycles. The first kappa shape index (κ1) is 20.6. The van der Waals surface area contributed by atoms with Gasteiger partial charge >= 0.3 is 6.18 Å². The van der Waals surface area contributed by atoms with E-state index in [-0.39, 0.29) is 24.4 Å². The van der Waals surface area contributed by atoms with Crippen LogP contribution in [0.2, 0.25) is 0 Å². The number of halogens is 4. The maximum absolute atomic E-state index is 13.1.